The summed E-state index contributed by atoms with van der Waals surface area (Å²) in [6, 6.07) is 0. The van der Waals surface area contributed by atoms with E-state index in [4.69, 9.17) is 10.3 Å². The van der Waals surface area contributed by atoms with E-state index in [0.29, 0.717) is 12.6 Å². The number of rotatable bonds is 4. The minimum atomic E-state index is 0.424. The molecule has 0 amide bonds. The van der Waals surface area contributed by atoms with Crippen molar-refractivity contribution in [3.05, 3.63) is 10.4 Å². The Labute approximate surface area is 72.5 Å². The van der Waals surface area contributed by atoms with E-state index in [1.807, 2.05) is 0 Å². The van der Waals surface area contributed by atoms with Gasteiger partial charge in [0.05, 0.1) is 6.10 Å². The van der Waals surface area contributed by atoms with Crippen LogP contribution in [0.3, 0.4) is 0 Å². The molecule has 1 rings (SSSR count). The Balaban J connectivity index is 2.01. The highest BCUT2D eigenvalue weighted by Crippen LogP contribution is 2.16. The van der Waals surface area contributed by atoms with Crippen LogP contribution < -0.4 is 0 Å². The highest BCUT2D eigenvalue weighted by Gasteiger charge is 2.12. The molecular weight excluding hydrogens is 154 g/mol. The number of hydrogen-bond donors (Lipinski definition) is 0. The van der Waals surface area contributed by atoms with E-state index >= 15 is 0 Å². The fraction of sp³-hybridized carbons (Fsp3) is 1.00. The van der Waals surface area contributed by atoms with Gasteiger partial charge in [-0.1, -0.05) is 5.11 Å². The topological polar surface area (TPSA) is 58.0 Å². The third kappa shape index (κ3) is 3.60. The summed E-state index contributed by atoms with van der Waals surface area (Å²) in [7, 11) is 0. The first-order valence-corrected chi connectivity index (χ1v) is 4.56. The summed E-state index contributed by atoms with van der Waals surface area (Å²) in [5.41, 5.74) is 8.03. The smallest absolute Gasteiger partial charge is 0.0575 e. The molecule has 1 aliphatic heterocycles. The fourth-order valence-corrected chi connectivity index (χ4v) is 1.47. The lowest BCUT2D eigenvalue weighted by atomic mass is 10.1. The minimum absolute atomic E-state index is 0.424. The number of ether oxygens (including phenoxy) is 1. The standard InChI is InChI=1S/C8H15N3O/c9-11-10-6-3-5-8-4-1-2-7-12-8/h8H,1-7H2/t8-/m1/s1. The Kier molecular flexibility index (Phi) is 4.57. The second kappa shape index (κ2) is 5.86. The van der Waals surface area contributed by atoms with Crippen molar-refractivity contribution < 1.29 is 4.74 Å². The predicted molar refractivity (Wildman–Crippen MR) is 46.8 cm³/mol. The molecule has 1 saturated heterocycles. The summed E-state index contributed by atoms with van der Waals surface area (Å²) >= 11 is 0. The Morgan fingerprint density at radius 3 is 3.08 bits per heavy atom. The molecule has 68 valence electrons. The van der Waals surface area contributed by atoms with Gasteiger partial charge in [-0.2, -0.15) is 0 Å². The van der Waals surface area contributed by atoms with Crippen molar-refractivity contribution in [2.45, 2.75) is 38.2 Å². The molecule has 0 saturated carbocycles. The number of azide groups is 1. The van der Waals surface area contributed by atoms with Gasteiger partial charge in [-0.05, 0) is 37.6 Å². The lowest BCUT2D eigenvalue weighted by Crippen LogP contribution is -2.18. The van der Waals surface area contributed by atoms with Crippen molar-refractivity contribution in [1.82, 2.24) is 0 Å². The molecule has 0 aromatic carbocycles. The van der Waals surface area contributed by atoms with Crippen molar-refractivity contribution in [3.63, 3.8) is 0 Å². The summed E-state index contributed by atoms with van der Waals surface area (Å²) in [5, 5.41) is 3.48. The summed E-state index contributed by atoms with van der Waals surface area (Å²) < 4.78 is 5.52. The lowest BCUT2D eigenvalue weighted by Gasteiger charge is -2.21. The molecule has 12 heavy (non-hydrogen) atoms. The molecule has 0 spiro atoms. The third-order valence-electron chi connectivity index (χ3n) is 2.12. The maximum Gasteiger partial charge on any atom is 0.0575 e. The summed E-state index contributed by atoms with van der Waals surface area (Å²) in [4.78, 5) is 2.70. The molecule has 0 unspecified atom stereocenters. The van der Waals surface area contributed by atoms with Crippen LogP contribution in [0.1, 0.15) is 32.1 Å². The summed E-state index contributed by atoms with van der Waals surface area (Å²) in [5.74, 6) is 0. The highest BCUT2D eigenvalue weighted by molar-refractivity contribution is 4.64. The van der Waals surface area contributed by atoms with Gasteiger partial charge in [0, 0.05) is 18.1 Å². The Morgan fingerprint density at radius 2 is 2.42 bits per heavy atom. The van der Waals surface area contributed by atoms with Crippen molar-refractivity contribution in [1.29, 1.82) is 0 Å². The molecule has 1 aliphatic rings. The van der Waals surface area contributed by atoms with Gasteiger partial charge in [-0.15, -0.1) is 0 Å². The van der Waals surface area contributed by atoms with Crippen LogP contribution in [-0.4, -0.2) is 19.3 Å². The first-order chi connectivity index (χ1) is 5.93. The monoisotopic (exact) mass is 169 g/mol. The normalized spacial score (nSPS) is 23.2. The Hall–Kier alpha value is -0.730. The van der Waals surface area contributed by atoms with E-state index in [1.165, 1.54) is 19.3 Å². The maximum absolute atomic E-state index is 8.03. The van der Waals surface area contributed by atoms with Crippen LogP contribution in [0, 0.1) is 0 Å². The maximum atomic E-state index is 8.03. The lowest BCUT2D eigenvalue weighted by molar-refractivity contribution is 0.0105. The molecule has 0 aromatic heterocycles. The van der Waals surface area contributed by atoms with Gasteiger partial charge in [0.15, 0.2) is 0 Å². The molecule has 0 N–H and O–H groups in total. The molecule has 0 radical (unpaired) electrons. The van der Waals surface area contributed by atoms with Gasteiger partial charge in [-0.3, -0.25) is 0 Å². The Morgan fingerprint density at radius 1 is 1.50 bits per heavy atom. The average molecular weight is 169 g/mol. The van der Waals surface area contributed by atoms with Gasteiger partial charge < -0.3 is 4.74 Å². The zero-order valence-corrected chi connectivity index (χ0v) is 7.28. The van der Waals surface area contributed by atoms with Crippen LogP contribution in [-0.2, 0) is 4.74 Å². The van der Waals surface area contributed by atoms with E-state index in [9.17, 15) is 0 Å². The van der Waals surface area contributed by atoms with Crippen molar-refractivity contribution in [3.8, 4) is 0 Å². The summed E-state index contributed by atoms with van der Waals surface area (Å²) in [6.45, 7) is 1.52. The van der Waals surface area contributed by atoms with Crippen molar-refractivity contribution in [2.75, 3.05) is 13.2 Å². The average Bonchev–Trinajstić information content (AvgIpc) is 2.14. The first-order valence-electron chi connectivity index (χ1n) is 4.56. The van der Waals surface area contributed by atoms with Crippen LogP contribution in [0.25, 0.3) is 10.4 Å². The zero-order chi connectivity index (χ0) is 8.65. The largest absolute Gasteiger partial charge is 0.378 e. The quantitative estimate of drug-likeness (QED) is 0.276. The number of hydrogen-bond acceptors (Lipinski definition) is 2. The van der Waals surface area contributed by atoms with Crippen molar-refractivity contribution >= 4 is 0 Å². The molecule has 1 fully saturated rings. The van der Waals surface area contributed by atoms with E-state index < -0.39 is 0 Å². The molecule has 4 nitrogen and oxygen atoms in total. The second-order valence-electron chi connectivity index (χ2n) is 3.09. The molecule has 4 heteroatoms. The molecular formula is C8H15N3O. The molecule has 0 aromatic rings. The second-order valence-corrected chi connectivity index (χ2v) is 3.09. The zero-order valence-electron chi connectivity index (χ0n) is 7.28. The first kappa shape index (κ1) is 9.36. The van der Waals surface area contributed by atoms with Gasteiger partial charge in [-0.25, -0.2) is 0 Å². The third-order valence-corrected chi connectivity index (χ3v) is 2.12. The minimum Gasteiger partial charge on any atom is -0.378 e. The van der Waals surface area contributed by atoms with Crippen LogP contribution in [0.5, 0.6) is 0 Å². The van der Waals surface area contributed by atoms with Gasteiger partial charge >= 0.3 is 0 Å². The predicted octanol–water partition coefficient (Wildman–Crippen LogP) is 2.65. The van der Waals surface area contributed by atoms with Crippen LogP contribution in [0.2, 0.25) is 0 Å². The van der Waals surface area contributed by atoms with Gasteiger partial charge in [0.25, 0.3) is 0 Å². The van der Waals surface area contributed by atoms with Gasteiger partial charge in [0.2, 0.25) is 0 Å². The molecule has 1 atom stereocenters. The molecule has 0 aliphatic carbocycles. The van der Waals surface area contributed by atoms with E-state index in [2.05, 4.69) is 10.0 Å². The van der Waals surface area contributed by atoms with Crippen LogP contribution >= 0.6 is 0 Å². The number of nitrogens with zero attached hydrogens (tertiary/aromatic N) is 3. The fourth-order valence-electron chi connectivity index (χ4n) is 1.47. The van der Waals surface area contributed by atoms with E-state index in [1.54, 1.807) is 0 Å². The van der Waals surface area contributed by atoms with Crippen molar-refractivity contribution in [2.24, 2.45) is 5.11 Å². The van der Waals surface area contributed by atoms with E-state index in [0.717, 1.165) is 19.4 Å². The van der Waals surface area contributed by atoms with Crippen LogP contribution in [0.4, 0.5) is 0 Å². The van der Waals surface area contributed by atoms with Crippen LogP contribution in [0.15, 0.2) is 5.11 Å². The SMILES string of the molecule is [N-]=[N+]=NCCC[C@H]1CCCCO1. The summed E-state index contributed by atoms with van der Waals surface area (Å²) in [6.07, 6.45) is 6.08. The van der Waals surface area contributed by atoms with Gasteiger partial charge in [0.1, 0.15) is 0 Å². The molecule has 1 heterocycles. The molecule has 0 bridgehead atoms. The Bertz CT molecular complexity index is 160. The highest BCUT2D eigenvalue weighted by atomic mass is 16.5. The van der Waals surface area contributed by atoms with E-state index in [-0.39, 0.29) is 0 Å².